The Bertz CT molecular complexity index is 634. The third-order valence-electron chi connectivity index (χ3n) is 11.9. The van der Waals surface area contributed by atoms with E-state index in [2.05, 4.69) is 41.2 Å². The number of fused-ring (bicyclic) bond motifs is 5. The minimum absolute atomic E-state index is 0.0186. The fourth-order valence-corrected chi connectivity index (χ4v) is 9.90. The molecule has 1 nitrogen and oxygen atoms in total. The lowest BCUT2D eigenvalue weighted by Crippen LogP contribution is -2.54. The first-order valence-corrected chi connectivity index (χ1v) is 14.1. The molecular weight excluding hydrogens is 376 g/mol. The molecule has 4 rings (SSSR count). The van der Waals surface area contributed by atoms with Gasteiger partial charge in [0.15, 0.2) is 0 Å². The summed E-state index contributed by atoms with van der Waals surface area (Å²) >= 11 is 0. The number of aliphatic hydroxyl groups is 1. The molecule has 178 valence electrons. The Morgan fingerprint density at radius 3 is 2.32 bits per heavy atom. The van der Waals surface area contributed by atoms with Gasteiger partial charge in [-0.2, -0.15) is 0 Å². The van der Waals surface area contributed by atoms with Crippen LogP contribution in [-0.4, -0.2) is 11.2 Å². The first kappa shape index (κ1) is 23.8. The second kappa shape index (κ2) is 9.15. The molecule has 0 aliphatic heterocycles. The van der Waals surface area contributed by atoms with Crippen molar-refractivity contribution in [3.8, 4) is 0 Å². The molecule has 0 amide bonds. The van der Waals surface area contributed by atoms with Crippen molar-refractivity contribution in [3.05, 3.63) is 12.2 Å². The van der Waals surface area contributed by atoms with Crippen molar-refractivity contribution in [1.29, 1.82) is 0 Å². The lowest BCUT2D eigenvalue weighted by molar-refractivity contribution is -0.129. The Labute approximate surface area is 193 Å². The monoisotopic (exact) mass is 428 g/mol. The highest BCUT2D eigenvalue weighted by molar-refractivity contribution is 5.10. The van der Waals surface area contributed by atoms with Crippen LogP contribution in [0.1, 0.15) is 118 Å². The molecular formula is C30H52O. The van der Waals surface area contributed by atoms with Crippen LogP contribution >= 0.6 is 0 Å². The minimum Gasteiger partial charge on any atom is -0.393 e. The van der Waals surface area contributed by atoms with Gasteiger partial charge in [-0.3, -0.25) is 0 Å². The Hall–Kier alpha value is -0.300. The van der Waals surface area contributed by atoms with Crippen LogP contribution in [0, 0.1) is 52.3 Å². The van der Waals surface area contributed by atoms with Gasteiger partial charge in [-0.25, -0.2) is 0 Å². The van der Waals surface area contributed by atoms with Gasteiger partial charge in [-0.05, 0) is 136 Å². The fraction of sp³-hybridized carbons (Fsp3) is 0.933. The fourth-order valence-electron chi connectivity index (χ4n) is 9.90. The third kappa shape index (κ3) is 4.08. The van der Waals surface area contributed by atoms with Crippen molar-refractivity contribution < 1.29 is 5.11 Å². The summed E-state index contributed by atoms with van der Waals surface area (Å²) in [7, 11) is 0. The molecule has 4 aliphatic carbocycles. The van der Waals surface area contributed by atoms with Gasteiger partial charge in [0.05, 0.1) is 6.10 Å². The molecule has 0 radical (unpaired) electrons. The van der Waals surface area contributed by atoms with E-state index in [1.54, 1.807) is 0 Å². The first-order valence-electron chi connectivity index (χ1n) is 14.1. The Kier molecular flexibility index (Phi) is 7.04. The molecule has 0 bridgehead atoms. The van der Waals surface area contributed by atoms with Crippen LogP contribution < -0.4 is 0 Å². The highest BCUT2D eigenvalue weighted by Crippen LogP contribution is 2.68. The SMILES string of the molecule is C=C(CC[C@@H](C)[C@H]1CC[C@H]2[C@@H]3CC[C@H]4C[C@@H](O)CC[C@]4(C)[C@H]3CC[C@]12C)C(CC)CC. The second-order valence-corrected chi connectivity index (χ2v) is 13.0. The van der Waals surface area contributed by atoms with Crippen LogP contribution in [0.25, 0.3) is 0 Å². The van der Waals surface area contributed by atoms with Crippen LogP contribution in [-0.2, 0) is 0 Å². The molecule has 0 spiro atoms. The highest BCUT2D eigenvalue weighted by Gasteiger charge is 2.60. The number of hydrogen-bond acceptors (Lipinski definition) is 1. The van der Waals surface area contributed by atoms with E-state index >= 15 is 0 Å². The summed E-state index contributed by atoms with van der Waals surface area (Å²) in [4.78, 5) is 0. The maximum Gasteiger partial charge on any atom is 0.0543 e. The number of aliphatic hydroxyl groups excluding tert-OH is 1. The van der Waals surface area contributed by atoms with E-state index in [0.29, 0.717) is 10.8 Å². The van der Waals surface area contributed by atoms with Crippen LogP contribution in [0.5, 0.6) is 0 Å². The molecule has 4 aliphatic rings. The van der Waals surface area contributed by atoms with Gasteiger partial charge in [0, 0.05) is 0 Å². The molecule has 0 aromatic heterocycles. The van der Waals surface area contributed by atoms with E-state index in [1.165, 1.54) is 76.2 Å². The smallest absolute Gasteiger partial charge is 0.0543 e. The van der Waals surface area contributed by atoms with E-state index in [1.807, 2.05) is 0 Å². The zero-order valence-electron chi connectivity index (χ0n) is 21.5. The maximum absolute atomic E-state index is 10.3. The lowest BCUT2D eigenvalue weighted by Gasteiger charge is -2.61. The van der Waals surface area contributed by atoms with Gasteiger partial charge in [-0.1, -0.05) is 46.8 Å². The van der Waals surface area contributed by atoms with Gasteiger partial charge in [0.1, 0.15) is 0 Å². The molecule has 9 atom stereocenters. The Morgan fingerprint density at radius 2 is 1.61 bits per heavy atom. The van der Waals surface area contributed by atoms with Gasteiger partial charge >= 0.3 is 0 Å². The number of hydrogen-bond donors (Lipinski definition) is 1. The maximum atomic E-state index is 10.3. The topological polar surface area (TPSA) is 20.2 Å². The van der Waals surface area contributed by atoms with E-state index in [9.17, 15) is 5.11 Å². The zero-order valence-corrected chi connectivity index (χ0v) is 21.5. The molecule has 0 saturated heterocycles. The molecule has 0 aromatic carbocycles. The minimum atomic E-state index is -0.0186. The van der Waals surface area contributed by atoms with E-state index in [0.717, 1.165) is 54.3 Å². The summed E-state index contributed by atoms with van der Waals surface area (Å²) in [5.74, 6) is 6.15. The second-order valence-electron chi connectivity index (χ2n) is 13.0. The van der Waals surface area contributed by atoms with Crippen LogP contribution in [0.2, 0.25) is 0 Å². The normalized spacial score (nSPS) is 45.6. The van der Waals surface area contributed by atoms with Crippen molar-refractivity contribution in [2.75, 3.05) is 0 Å². The summed E-state index contributed by atoms with van der Waals surface area (Å²) < 4.78 is 0. The molecule has 4 fully saturated rings. The van der Waals surface area contributed by atoms with Crippen molar-refractivity contribution >= 4 is 0 Å². The van der Waals surface area contributed by atoms with E-state index < -0.39 is 0 Å². The third-order valence-corrected chi connectivity index (χ3v) is 11.9. The summed E-state index contributed by atoms with van der Waals surface area (Å²) in [6.45, 7) is 17.0. The Morgan fingerprint density at radius 1 is 0.935 bits per heavy atom. The van der Waals surface area contributed by atoms with Crippen LogP contribution in [0.15, 0.2) is 12.2 Å². The molecule has 0 heterocycles. The van der Waals surface area contributed by atoms with Crippen molar-refractivity contribution in [1.82, 2.24) is 0 Å². The number of rotatable bonds is 7. The van der Waals surface area contributed by atoms with Crippen molar-refractivity contribution in [2.45, 2.75) is 124 Å². The molecule has 31 heavy (non-hydrogen) atoms. The first-order chi connectivity index (χ1) is 14.7. The molecule has 4 saturated carbocycles. The van der Waals surface area contributed by atoms with Crippen molar-refractivity contribution in [3.63, 3.8) is 0 Å². The van der Waals surface area contributed by atoms with Gasteiger partial charge in [0.2, 0.25) is 0 Å². The van der Waals surface area contributed by atoms with Gasteiger partial charge < -0.3 is 5.11 Å². The van der Waals surface area contributed by atoms with Gasteiger partial charge in [-0.15, -0.1) is 0 Å². The van der Waals surface area contributed by atoms with Gasteiger partial charge in [0.25, 0.3) is 0 Å². The number of allylic oxidation sites excluding steroid dienone is 1. The molecule has 1 heteroatoms. The van der Waals surface area contributed by atoms with Crippen molar-refractivity contribution in [2.24, 2.45) is 52.3 Å². The van der Waals surface area contributed by atoms with Crippen LogP contribution in [0.4, 0.5) is 0 Å². The highest BCUT2D eigenvalue weighted by atomic mass is 16.3. The standard InChI is InChI=1S/C30H52O/c1-7-22(8-2)20(3)9-10-21(4)26-13-14-27-25-12-11-23-19-24(31)15-17-29(23,5)28(25)16-18-30(26,27)6/h21-28,31H,3,7-19H2,1-2,4-6H3/t21-,23+,24+,25+,26-,27+,28+,29+,30-/m1/s1. The van der Waals surface area contributed by atoms with Crippen LogP contribution in [0.3, 0.4) is 0 Å². The molecule has 0 aromatic rings. The predicted molar refractivity (Wildman–Crippen MR) is 133 cm³/mol. The Balaban J connectivity index is 1.43. The van der Waals surface area contributed by atoms with E-state index in [-0.39, 0.29) is 6.10 Å². The zero-order chi connectivity index (χ0) is 22.4. The van der Waals surface area contributed by atoms with E-state index in [4.69, 9.17) is 0 Å². The molecule has 1 N–H and O–H groups in total. The average molecular weight is 429 g/mol. The largest absolute Gasteiger partial charge is 0.393 e. The predicted octanol–water partition coefficient (Wildman–Crippen LogP) is 8.41. The summed E-state index contributed by atoms with van der Waals surface area (Å²) in [6, 6.07) is 0. The lowest BCUT2D eigenvalue weighted by atomic mass is 9.44. The summed E-state index contributed by atoms with van der Waals surface area (Å²) in [5.41, 5.74) is 2.61. The quantitative estimate of drug-likeness (QED) is 0.403. The average Bonchev–Trinajstić information content (AvgIpc) is 3.10. The summed E-state index contributed by atoms with van der Waals surface area (Å²) in [5, 5.41) is 10.3. The molecule has 0 unspecified atom stereocenters. The summed E-state index contributed by atoms with van der Waals surface area (Å²) in [6.07, 6.45) is 17.2.